The van der Waals surface area contributed by atoms with E-state index in [1.165, 1.54) is 0 Å². The number of fused-ring (bicyclic) bond motifs is 5. The van der Waals surface area contributed by atoms with Crippen molar-refractivity contribution < 1.29 is 8.83 Å². The minimum absolute atomic E-state index is 0.178. The molecule has 18 heavy (non-hydrogen) atoms. The lowest BCUT2D eigenvalue weighted by molar-refractivity contribution is 0.532. The standard InChI is InChI=1S/C15H12O3/c16-15-11-4-2-1-3-10(11)13-12(18-15)6-5-9-7-8-17-14(9)13/h5-8H,1-4H2. The Morgan fingerprint density at radius 1 is 1.00 bits per heavy atom. The second-order valence-corrected chi connectivity index (χ2v) is 4.83. The van der Waals surface area contributed by atoms with Crippen molar-refractivity contribution in [1.82, 2.24) is 0 Å². The minimum atomic E-state index is -0.178. The van der Waals surface area contributed by atoms with Gasteiger partial charge in [-0.2, -0.15) is 0 Å². The Bertz CT molecular complexity index is 808. The highest BCUT2D eigenvalue weighted by atomic mass is 16.4. The van der Waals surface area contributed by atoms with Crippen molar-refractivity contribution in [2.75, 3.05) is 0 Å². The molecule has 3 aromatic rings. The van der Waals surface area contributed by atoms with Gasteiger partial charge in [0.1, 0.15) is 11.2 Å². The zero-order valence-corrected chi connectivity index (χ0v) is 9.86. The zero-order chi connectivity index (χ0) is 12.1. The van der Waals surface area contributed by atoms with E-state index < -0.39 is 0 Å². The summed E-state index contributed by atoms with van der Waals surface area (Å²) in [5.41, 5.74) is 3.28. The molecule has 0 bridgehead atoms. The molecule has 0 radical (unpaired) electrons. The van der Waals surface area contributed by atoms with Gasteiger partial charge in [0.2, 0.25) is 0 Å². The van der Waals surface area contributed by atoms with Crippen molar-refractivity contribution in [3.8, 4) is 0 Å². The largest absolute Gasteiger partial charge is 0.464 e. The van der Waals surface area contributed by atoms with Crippen molar-refractivity contribution in [3.05, 3.63) is 46.0 Å². The Hall–Kier alpha value is -2.03. The van der Waals surface area contributed by atoms with Gasteiger partial charge >= 0.3 is 5.63 Å². The van der Waals surface area contributed by atoms with E-state index in [0.29, 0.717) is 5.58 Å². The Morgan fingerprint density at radius 2 is 1.83 bits per heavy atom. The number of rotatable bonds is 0. The third-order valence-electron chi connectivity index (χ3n) is 3.80. The van der Waals surface area contributed by atoms with E-state index in [0.717, 1.165) is 53.2 Å². The number of furan rings is 1. The highest BCUT2D eigenvalue weighted by molar-refractivity contribution is 6.04. The summed E-state index contributed by atoms with van der Waals surface area (Å²) in [6.45, 7) is 0. The molecule has 1 aliphatic carbocycles. The van der Waals surface area contributed by atoms with Crippen LogP contribution in [0.3, 0.4) is 0 Å². The second-order valence-electron chi connectivity index (χ2n) is 4.83. The molecule has 0 spiro atoms. The summed E-state index contributed by atoms with van der Waals surface area (Å²) in [6, 6.07) is 5.73. The van der Waals surface area contributed by atoms with Crippen LogP contribution >= 0.6 is 0 Å². The van der Waals surface area contributed by atoms with Gasteiger partial charge in [-0.3, -0.25) is 0 Å². The molecule has 90 valence electrons. The van der Waals surface area contributed by atoms with Crippen LogP contribution in [-0.4, -0.2) is 0 Å². The first-order valence-electron chi connectivity index (χ1n) is 6.29. The van der Waals surface area contributed by atoms with Gasteiger partial charge in [0.25, 0.3) is 0 Å². The van der Waals surface area contributed by atoms with Crippen LogP contribution in [0.1, 0.15) is 24.0 Å². The summed E-state index contributed by atoms with van der Waals surface area (Å²) in [6.07, 6.45) is 5.65. The zero-order valence-electron chi connectivity index (χ0n) is 9.86. The third-order valence-corrected chi connectivity index (χ3v) is 3.80. The first kappa shape index (κ1) is 9.95. The summed E-state index contributed by atoms with van der Waals surface area (Å²) in [5.74, 6) is 0. The lowest BCUT2D eigenvalue weighted by atomic mass is 9.90. The molecule has 0 atom stereocenters. The predicted molar refractivity (Wildman–Crippen MR) is 68.9 cm³/mol. The fourth-order valence-electron chi connectivity index (χ4n) is 2.95. The lowest BCUT2D eigenvalue weighted by Gasteiger charge is -2.15. The Kier molecular flexibility index (Phi) is 1.92. The number of aryl methyl sites for hydroxylation is 1. The summed E-state index contributed by atoms with van der Waals surface area (Å²) >= 11 is 0. The van der Waals surface area contributed by atoms with Crippen LogP contribution in [0, 0.1) is 0 Å². The second kappa shape index (κ2) is 3.48. The first-order valence-corrected chi connectivity index (χ1v) is 6.29. The van der Waals surface area contributed by atoms with Crippen molar-refractivity contribution in [1.29, 1.82) is 0 Å². The summed E-state index contributed by atoms with van der Waals surface area (Å²) in [4.78, 5) is 12.0. The van der Waals surface area contributed by atoms with Gasteiger partial charge in [-0.1, -0.05) is 0 Å². The Labute approximate surface area is 103 Å². The van der Waals surface area contributed by atoms with E-state index in [-0.39, 0.29) is 5.63 Å². The van der Waals surface area contributed by atoms with Gasteiger partial charge < -0.3 is 8.83 Å². The fraction of sp³-hybridized carbons (Fsp3) is 0.267. The van der Waals surface area contributed by atoms with E-state index in [4.69, 9.17) is 8.83 Å². The van der Waals surface area contributed by atoms with E-state index >= 15 is 0 Å². The molecule has 0 N–H and O–H groups in total. The van der Waals surface area contributed by atoms with Gasteiger partial charge in [-0.25, -0.2) is 4.79 Å². The lowest BCUT2D eigenvalue weighted by Crippen LogP contribution is -2.15. The van der Waals surface area contributed by atoms with Crippen LogP contribution in [-0.2, 0) is 12.8 Å². The molecular weight excluding hydrogens is 228 g/mol. The highest BCUT2D eigenvalue weighted by Gasteiger charge is 2.20. The van der Waals surface area contributed by atoms with Gasteiger partial charge in [0, 0.05) is 10.9 Å². The number of hydrogen-bond acceptors (Lipinski definition) is 3. The van der Waals surface area contributed by atoms with Crippen LogP contribution in [0.25, 0.3) is 21.9 Å². The molecule has 1 aromatic carbocycles. The van der Waals surface area contributed by atoms with Gasteiger partial charge in [0.05, 0.1) is 11.6 Å². The van der Waals surface area contributed by atoms with Gasteiger partial charge in [0.15, 0.2) is 0 Å². The smallest absolute Gasteiger partial charge is 0.339 e. The fourth-order valence-corrected chi connectivity index (χ4v) is 2.95. The molecule has 0 saturated carbocycles. The molecule has 0 fully saturated rings. The molecule has 0 saturated heterocycles. The van der Waals surface area contributed by atoms with E-state index in [1.54, 1.807) is 6.26 Å². The molecular formula is C15H12O3. The predicted octanol–water partition coefficient (Wildman–Crippen LogP) is 3.42. The maximum Gasteiger partial charge on any atom is 0.339 e. The maximum atomic E-state index is 12.0. The highest BCUT2D eigenvalue weighted by Crippen LogP contribution is 2.32. The van der Waals surface area contributed by atoms with Crippen LogP contribution in [0.4, 0.5) is 0 Å². The number of benzene rings is 1. The first-order chi connectivity index (χ1) is 8.84. The Balaban J connectivity index is 2.27. The average molecular weight is 240 g/mol. The molecule has 0 aliphatic heterocycles. The SMILES string of the molecule is O=c1oc2ccc3ccoc3c2c2c1CCCC2. The summed E-state index contributed by atoms with van der Waals surface area (Å²) in [7, 11) is 0. The molecule has 3 nitrogen and oxygen atoms in total. The minimum Gasteiger partial charge on any atom is -0.464 e. The monoisotopic (exact) mass is 240 g/mol. The molecule has 0 amide bonds. The number of hydrogen-bond donors (Lipinski definition) is 0. The molecule has 2 heterocycles. The quantitative estimate of drug-likeness (QED) is 0.565. The molecule has 1 aliphatic rings. The van der Waals surface area contributed by atoms with E-state index in [9.17, 15) is 4.79 Å². The van der Waals surface area contributed by atoms with E-state index in [2.05, 4.69) is 0 Å². The van der Waals surface area contributed by atoms with Gasteiger partial charge in [-0.05, 0) is 49.4 Å². The van der Waals surface area contributed by atoms with Crippen molar-refractivity contribution in [2.45, 2.75) is 25.7 Å². The van der Waals surface area contributed by atoms with Crippen LogP contribution in [0.5, 0.6) is 0 Å². The van der Waals surface area contributed by atoms with E-state index in [1.807, 2.05) is 18.2 Å². The summed E-state index contributed by atoms with van der Waals surface area (Å²) < 4.78 is 11.0. The molecule has 4 rings (SSSR count). The van der Waals surface area contributed by atoms with Crippen LogP contribution in [0.2, 0.25) is 0 Å². The normalized spacial score (nSPS) is 15.1. The molecule has 3 heteroatoms. The maximum absolute atomic E-state index is 12.0. The van der Waals surface area contributed by atoms with Crippen LogP contribution < -0.4 is 5.63 Å². The van der Waals surface area contributed by atoms with Crippen molar-refractivity contribution in [3.63, 3.8) is 0 Å². The molecule has 2 aromatic heterocycles. The van der Waals surface area contributed by atoms with Crippen LogP contribution in [0.15, 0.2) is 38.1 Å². The summed E-state index contributed by atoms with van der Waals surface area (Å²) in [5, 5.41) is 2.05. The third kappa shape index (κ3) is 1.22. The van der Waals surface area contributed by atoms with Crippen molar-refractivity contribution in [2.24, 2.45) is 0 Å². The van der Waals surface area contributed by atoms with Gasteiger partial charge in [-0.15, -0.1) is 0 Å². The molecule has 0 unspecified atom stereocenters. The Morgan fingerprint density at radius 3 is 2.72 bits per heavy atom. The average Bonchev–Trinajstić information content (AvgIpc) is 2.87. The van der Waals surface area contributed by atoms with Crippen molar-refractivity contribution >= 4 is 21.9 Å². The topological polar surface area (TPSA) is 43.4 Å².